The van der Waals surface area contributed by atoms with Crippen molar-refractivity contribution in [1.29, 1.82) is 10.5 Å². The Balaban J connectivity index is 2.22. The zero-order valence-corrected chi connectivity index (χ0v) is 11.0. The number of anilines is 1. The zero-order chi connectivity index (χ0) is 14.5. The number of nitrogens with one attached hydrogen (secondary N) is 1. The van der Waals surface area contributed by atoms with Crippen LogP contribution in [-0.4, -0.2) is 0 Å². The maximum absolute atomic E-state index is 13.1. The van der Waals surface area contributed by atoms with Gasteiger partial charge < -0.3 is 5.32 Å². The minimum absolute atomic E-state index is 0.00785. The summed E-state index contributed by atoms with van der Waals surface area (Å²) >= 11 is 5.69. The fourth-order valence-corrected chi connectivity index (χ4v) is 1.87. The van der Waals surface area contributed by atoms with Gasteiger partial charge in [-0.25, -0.2) is 4.39 Å². The summed E-state index contributed by atoms with van der Waals surface area (Å²) in [6, 6.07) is 14.4. The van der Waals surface area contributed by atoms with Gasteiger partial charge in [-0.1, -0.05) is 23.7 Å². The van der Waals surface area contributed by atoms with Crippen LogP contribution in [-0.2, 0) is 0 Å². The maximum Gasteiger partial charge on any atom is 0.141 e. The highest BCUT2D eigenvalue weighted by atomic mass is 35.5. The lowest BCUT2D eigenvalue weighted by Crippen LogP contribution is -2.08. The van der Waals surface area contributed by atoms with Crippen LogP contribution in [0.2, 0.25) is 5.02 Å². The third-order valence-corrected chi connectivity index (χ3v) is 3.02. The third kappa shape index (κ3) is 3.06. The zero-order valence-electron chi connectivity index (χ0n) is 10.3. The Morgan fingerprint density at radius 1 is 1.10 bits per heavy atom. The molecule has 20 heavy (non-hydrogen) atoms. The van der Waals surface area contributed by atoms with Crippen LogP contribution in [0.4, 0.5) is 10.1 Å². The molecule has 0 aliphatic rings. The lowest BCUT2D eigenvalue weighted by atomic mass is 10.1. The van der Waals surface area contributed by atoms with E-state index in [1.807, 2.05) is 6.07 Å². The molecule has 0 radical (unpaired) electrons. The summed E-state index contributed by atoms with van der Waals surface area (Å²) in [4.78, 5) is 0. The molecule has 1 N–H and O–H groups in total. The molecule has 0 bridgehead atoms. The molecule has 0 aliphatic heterocycles. The Kier molecular flexibility index (Phi) is 4.20. The summed E-state index contributed by atoms with van der Waals surface area (Å²) in [6.07, 6.45) is 0. The van der Waals surface area contributed by atoms with Gasteiger partial charge in [-0.15, -0.1) is 0 Å². The molecular formula is C15H9ClFN3. The Labute approximate surface area is 120 Å². The van der Waals surface area contributed by atoms with Gasteiger partial charge in [0.15, 0.2) is 0 Å². The molecule has 0 heterocycles. The number of hydrogen-bond donors (Lipinski definition) is 1. The molecule has 98 valence electrons. The minimum atomic E-state index is -0.607. The topological polar surface area (TPSA) is 59.6 Å². The summed E-state index contributed by atoms with van der Waals surface area (Å²) in [5.74, 6) is -0.510. The van der Waals surface area contributed by atoms with E-state index in [2.05, 4.69) is 11.4 Å². The van der Waals surface area contributed by atoms with E-state index < -0.39 is 11.9 Å². The van der Waals surface area contributed by atoms with Crippen LogP contribution in [0.15, 0.2) is 42.5 Å². The fourth-order valence-electron chi connectivity index (χ4n) is 1.69. The fraction of sp³-hybridized carbons (Fsp3) is 0.0667. The molecule has 5 heteroatoms. The van der Waals surface area contributed by atoms with Crippen molar-refractivity contribution in [2.24, 2.45) is 0 Å². The molecule has 0 aromatic heterocycles. The van der Waals surface area contributed by atoms with Crippen molar-refractivity contribution < 1.29 is 4.39 Å². The van der Waals surface area contributed by atoms with Crippen molar-refractivity contribution in [3.63, 3.8) is 0 Å². The van der Waals surface area contributed by atoms with Crippen LogP contribution < -0.4 is 5.32 Å². The van der Waals surface area contributed by atoms with Crippen molar-refractivity contribution in [1.82, 2.24) is 0 Å². The van der Waals surface area contributed by atoms with E-state index in [4.69, 9.17) is 16.9 Å². The number of benzene rings is 2. The standard InChI is InChI=1S/C15H9ClFN3/c16-13-7-12(5-6-14(13)17)20-15(9-19)11-3-1-10(8-18)2-4-11/h1-7,15,20H. The molecule has 2 aromatic rings. The molecule has 0 saturated heterocycles. The van der Waals surface area contributed by atoms with Gasteiger partial charge in [0, 0.05) is 5.69 Å². The van der Waals surface area contributed by atoms with Gasteiger partial charge >= 0.3 is 0 Å². The molecule has 0 saturated carbocycles. The summed E-state index contributed by atoms with van der Waals surface area (Å²) in [7, 11) is 0. The molecular weight excluding hydrogens is 277 g/mol. The van der Waals surface area contributed by atoms with E-state index >= 15 is 0 Å². The Morgan fingerprint density at radius 2 is 1.80 bits per heavy atom. The van der Waals surface area contributed by atoms with Gasteiger partial charge in [0.2, 0.25) is 0 Å². The summed E-state index contributed by atoms with van der Waals surface area (Å²) < 4.78 is 13.1. The first-order valence-corrected chi connectivity index (χ1v) is 6.13. The molecule has 0 spiro atoms. The van der Waals surface area contributed by atoms with E-state index in [9.17, 15) is 9.65 Å². The summed E-state index contributed by atoms with van der Waals surface area (Å²) in [6.45, 7) is 0. The Morgan fingerprint density at radius 3 is 2.35 bits per heavy atom. The first-order valence-electron chi connectivity index (χ1n) is 5.75. The second-order valence-electron chi connectivity index (χ2n) is 4.07. The number of nitriles is 2. The molecule has 0 aliphatic carbocycles. The Hall–Kier alpha value is -2.56. The van der Waals surface area contributed by atoms with Gasteiger partial charge in [0.25, 0.3) is 0 Å². The van der Waals surface area contributed by atoms with Crippen LogP contribution >= 0.6 is 11.6 Å². The number of nitrogens with zero attached hydrogens (tertiary/aromatic N) is 2. The number of rotatable bonds is 3. The van der Waals surface area contributed by atoms with Gasteiger partial charge in [-0.2, -0.15) is 10.5 Å². The van der Waals surface area contributed by atoms with E-state index in [-0.39, 0.29) is 5.02 Å². The molecule has 1 unspecified atom stereocenters. The van der Waals surface area contributed by atoms with Crippen molar-refractivity contribution in [3.8, 4) is 12.1 Å². The lowest BCUT2D eigenvalue weighted by Gasteiger charge is -2.13. The number of hydrogen-bond acceptors (Lipinski definition) is 3. The largest absolute Gasteiger partial charge is 0.366 e. The number of halogens is 2. The summed E-state index contributed by atoms with van der Waals surface area (Å²) in [5, 5.41) is 20.9. The highest BCUT2D eigenvalue weighted by Crippen LogP contribution is 2.23. The maximum atomic E-state index is 13.1. The molecule has 0 amide bonds. The van der Waals surface area contributed by atoms with E-state index in [1.54, 1.807) is 24.3 Å². The van der Waals surface area contributed by atoms with E-state index in [0.29, 0.717) is 16.8 Å². The van der Waals surface area contributed by atoms with Gasteiger partial charge in [-0.05, 0) is 35.9 Å². The second kappa shape index (κ2) is 6.06. The third-order valence-electron chi connectivity index (χ3n) is 2.73. The average molecular weight is 286 g/mol. The van der Waals surface area contributed by atoms with Crippen LogP contribution in [0.1, 0.15) is 17.2 Å². The highest BCUT2D eigenvalue weighted by Gasteiger charge is 2.11. The van der Waals surface area contributed by atoms with Crippen molar-refractivity contribution >= 4 is 17.3 Å². The minimum Gasteiger partial charge on any atom is -0.366 e. The monoisotopic (exact) mass is 285 g/mol. The molecule has 1 atom stereocenters. The van der Waals surface area contributed by atoms with Crippen LogP contribution in [0, 0.1) is 28.5 Å². The average Bonchev–Trinajstić information content (AvgIpc) is 2.48. The SMILES string of the molecule is N#Cc1ccc(C(C#N)Nc2ccc(F)c(Cl)c2)cc1. The van der Waals surface area contributed by atoms with E-state index in [0.717, 1.165) is 0 Å². The van der Waals surface area contributed by atoms with Crippen LogP contribution in [0.3, 0.4) is 0 Å². The summed E-state index contributed by atoms with van der Waals surface area (Å²) in [5.41, 5.74) is 1.79. The van der Waals surface area contributed by atoms with Gasteiger partial charge in [0.1, 0.15) is 11.9 Å². The molecule has 3 nitrogen and oxygen atoms in total. The predicted octanol–water partition coefficient (Wildman–Crippen LogP) is 4.03. The second-order valence-corrected chi connectivity index (χ2v) is 4.48. The lowest BCUT2D eigenvalue weighted by molar-refractivity contribution is 0.628. The van der Waals surface area contributed by atoms with Crippen LogP contribution in [0.25, 0.3) is 0 Å². The normalized spacial score (nSPS) is 11.2. The quantitative estimate of drug-likeness (QED) is 0.926. The van der Waals surface area contributed by atoms with Crippen molar-refractivity contribution in [2.45, 2.75) is 6.04 Å². The van der Waals surface area contributed by atoms with E-state index in [1.165, 1.54) is 18.2 Å². The van der Waals surface area contributed by atoms with Crippen molar-refractivity contribution in [3.05, 3.63) is 64.4 Å². The van der Waals surface area contributed by atoms with Crippen molar-refractivity contribution in [2.75, 3.05) is 5.32 Å². The Bertz CT molecular complexity index is 699. The first-order chi connectivity index (χ1) is 9.63. The van der Waals surface area contributed by atoms with Crippen LogP contribution in [0.5, 0.6) is 0 Å². The predicted molar refractivity (Wildman–Crippen MR) is 74.5 cm³/mol. The highest BCUT2D eigenvalue weighted by molar-refractivity contribution is 6.31. The molecule has 2 rings (SSSR count). The van der Waals surface area contributed by atoms with Gasteiger partial charge in [-0.3, -0.25) is 0 Å². The first kappa shape index (κ1) is 13.9. The molecule has 0 fully saturated rings. The van der Waals surface area contributed by atoms with Gasteiger partial charge in [0.05, 0.1) is 22.7 Å². The smallest absolute Gasteiger partial charge is 0.141 e. The molecule has 2 aromatic carbocycles.